The van der Waals surface area contributed by atoms with Gasteiger partial charge >= 0.3 is 0 Å². The molecule has 28 heavy (non-hydrogen) atoms. The molecule has 0 aliphatic carbocycles. The van der Waals surface area contributed by atoms with Crippen LogP contribution in [0.15, 0.2) is 24.7 Å². The molecular formula is C18H21F2N7O. The van der Waals surface area contributed by atoms with Crippen molar-refractivity contribution >= 4 is 11.6 Å². The summed E-state index contributed by atoms with van der Waals surface area (Å²) in [5.41, 5.74) is 1.73. The monoisotopic (exact) mass is 389 g/mol. The van der Waals surface area contributed by atoms with Gasteiger partial charge in [0.2, 0.25) is 0 Å². The van der Waals surface area contributed by atoms with Crippen LogP contribution in [0, 0.1) is 6.92 Å². The van der Waals surface area contributed by atoms with Crippen molar-refractivity contribution in [1.29, 1.82) is 0 Å². The zero-order valence-corrected chi connectivity index (χ0v) is 15.7. The summed E-state index contributed by atoms with van der Waals surface area (Å²) in [7, 11) is 1.88. The van der Waals surface area contributed by atoms with E-state index in [4.69, 9.17) is 0 Å². The van der Waals surface area contributed by atoms with Crippen LogP contribution in [0.4, 0.5) is 8.78 Å². The molecule has 0 unspecified atom stereocenters. The lowest BCUT2D eigenvalue weighted by Crippen LogP contribution is -2.48. The Hall–Kier alpha value is -2.88. The van der Waals surface area contributed by atoms with E-state index in [0.717, 1.165) is 29.7 Å². The van der Waals surface area contributed by atoms with Gasteiger partial charge in [-0.15, -0.1) is 0 Å². The Balaban J connectivity index is 1.48. The normalized spacial score (nSPS) is 15.7. The summed E-state index contributed by atoms with van der Waals surface area (Å²) < 4.78 is 29.4. The number of alkyl halides is 2. The third-order valence-electron chi connectivity index (χ3n) is 4.91. The number of hydrogen-bond acceptors (Lipinski definition) is 5. The van der Waals surface area contributed by atoms with Crippen LogP contribution in [0.25, 0.3) is 5.65 Å². The Morgan fingerprint density at radius 3 is 2.57 bits per heavy atom. The lowest BCUT2D eigenvalue weighted by Gasteiger charge is -2.34. The maximum atomic E-state index is 13.3. The zero-order valence-electron chi connectivity index (χ0n) is 15.7. The Labute approximate surface area is 160 Å². The summed E-state index contributed by atoms with van der Waals surface area (Å²) in [5, 5.41) is 8.15. The van der Waals surface area contributed by atoms with Crippen molar-refractivity contribution in [2.75, 3.05) is 26.2 Å². The van der Waals surface area contributed by atoms with Gasteiger partial charge in [-0.05, 0) is 13.0 Å². The number of carbonyl (C=O) groups is 1. The molecule has 4 rings (SSSR count). The molecule has 0 atom stereocenters. The number of nitrogens with zero attached hydrogens (tertiary/aromatic N) is 7. The molecule has 0 spiro atoms. The summed E-state index contributed by atoms with van der Waals surface area (Å²) in [6, 6.07) is 1.29. The number of aromatic nitrogens is 5. The minimum atomic E-state index is -2.69. The maximum absolute atomic E-state index is 13.3. The van der Waals surface area contributed by atoms with E-state index in [-0.39, 0.29) is 22.8 Å². The maximum Gasteiger partial charge on any atom is 0.280 e. The minimum Gasteiger partial charge on any atom is -0.336 e. The van der Waals surface area contributed by atoms with E-state index in [2.05, 4.69) is 20.1 Å². The molecule has 8 nitrogen and oxygen atoms in total. The van der Waals surface area contributed by atoms with Crippen LogP contribution in [0.5, 0.6) is 0 Å². The van der Waals surface area contributed by atoms with Gasteiger partial charge < -0.3 is 4.90 Å². The molecule has 0 aromatic carbocycles. The van der Waals surface area contributed by atoms with Gasteiger partial charge in [0.25, 0.3) is 12.3 Å². The first-order valence-electron chi connectivity index (χ1n) is 9.05. The average Bonchev–Trinajstić information content (AvgIpc) is 3.27. The van der Waals surface area contributed by atoms with Gasteiger partial charge in [-0.25, -0.2) is 18.3 Å². The van der Waals surface area contributed by atoms with Crippen molar-refractivity contribution < 1.29 is 13.6 Å². The summed E-state index contributed by atoms with van der Waals surface area (Å²) in [5.74, 6) is -0.227. The Kier molecular flexibility index (Phi) is 4.80. The first-order valence-corrected chi connectivity index (χ1v) is 9.05. The van der Waals surface area contributed by atoms with E-state index in [9.17, 15) is 13.6 Å². The van der Waals surface area contributed by atoms with Crippen molar-refractivity contribution in [1.82, 2.24) is 34.2 Å². The molecule has 10 heteroatoms. The molecule has 0 saturated carbocycles. The SMILES string of the molecule is Cc1cc(C(F)F)n2ncc(C(=O)N3CCN(Cc4cnn(C)c4)CC3)c2n1. The molecule has 0 bridgehead atoms. The fourth-order valence-corrected chi connectivity index (χ4v) is 3.51. The number of fused-ring (bicyclic) bond motifs is 1. The van der Waals surface area contributed by atoms with Gasteiger partial charge in [0.05, 0.1) is 12.4 Å². The van der Waals surface area contributed by atoms with E-state index in [0.29, 0.717) is 18.8 Å². The van der Waals surface area contributed by atoms with Crippen LogP contribution in [0.3, 0.4) is 0 Å². The van der Waals surface area contributed by atoms with Crippen LogP contribution in [-0.2, 0) is 13.6 Å². The van der Waals surface area contributed by atoms with Crippen LogP contribution in [-0.4, -0.2) is 66.3 Å². The van der Waals surface area contributed by atoms with Gasteiger partial charge in [-0.1, -0.05) is 0 Å². The van der Waals surface area contributed by atoms with Crippen LogP contribution >= 0.6 is 0 Å². The number of rotatable bonds is 4. The number of piperazine rings is 1. The standard InChI is InChI=1S/C18H21F2N7O/c1-12-7-15(16(19)20)27-17(23-12)14(9-22-27)18(28)26-5-3-25(4-6-26)11-13-8-21-24(2)10-13/h7-10,16H,3-6,11H2,1-2H3. The third kappa shape index (κ3) is 3.47. The molecule has 3 aromatic rings. The molecule has 0 N–H and O–H groups in total. The number of hydrogen-bond donors (Lipinski definition) is 0. The molecule has 4 heterocycles. The number of carbonyl (C=O) groups excluding carboxylic acids is 1. The summed E-state index contributed by atoms with van der Waals surface area (Å²) in [6.45, 7) is 4.99. The predicted molar refractivity (Wildman–Crippen MR) is 97.1 cm³/mol. The van der Waals surface area contributed by atoms with Gasteiger partial charge in [0, 0.05) is 57.2 Å². The minimum absolute atomic E-state index is 0.179. The average molecular weight is 389 g/mol. The molecule has 3 aromatic heterocycles. The second-order valence-electron chi connectivity index (χ2n) is 7.01. The van der Waals surface area contributed by atoms with E-state index >= 15 is 0 Å². The Bertz CT molecular complexity index is 1000. The first kappa shape index (κ1) is 18.5. The number of aryl methyl sites for hydroxylation is 2. The van der Waals surface area contributed by atoms with E-state index in [1.165, 1.54) is 12.3 Å². The highest BCUT2D eigenvalue weighted by Gasteiger charge is 2.26. The van der Waals surface area contributed by atoms with Gasteiger partial charge in [-0.2, -0.15) is 10.2 Å². The molecule has 1 saturated heterocycles. The highest BCUT2D eigenvalue weighted by Crippen LogP contribution is 2.22. The molecular weight excluding hydrogens is 368 g/mol. The molecule has 1 amide bonds. The van der Waals surface area contributed by atoms with Crippen molar-refractivity contribution in [3.63, 3.8) is 0 Å². The summed E-state index contributed by atoms with van der Waals surface area (Å²) in [6.07, 6.45) is 2.46. The lowest BCUT2D eigenvalue weighted by atomic mass is 10.2. The summed E-state index contributed by atoms with van der Waals surface area (Å²) >= 11 is 0. The Morgan fingerprint density at radius 2 is 1.93 bits per heavy atom. The van der Waals surface area contributed by atoms with Gasteiger partial charge in [-0.3, -0.25) is 14.4 Å². The van der Waals surface area contributed by atoms with E-state index < -0.39 is 6.43 Å². The number of amides is 1. The summed E-state index contributed by atoms with van der Waals surface area (Å²) in [4.78, 5) is 21.2. The molecule has 1 aliphatic heterocycles. The highest BCUT2D eigenvalue weighted by molar-refractivity contribution is 5.99. The lowest BCUT2D eigenvalue weighted by molar-refractivity contribution is 0.0630. The fraction of sp³-hybridized carbons (Fsp3) is 0.444. The van der Waals surface area contributed by atoms with Gasteiger partial charge in [0.1, 0.15) is 11.3 Å². The Morgan fingerprint density at radius 1 is 1.18 bits per heavy atom. The smallest absolute Gasteiger partial charge is 0.280 e. The predicted octanol–water partition coefficient (Wildman–Crippen LogP) is 1.67. The van der Waals surface area contributed by atoms with Crippen molar-refractivity contribution in [3.8, 4) is 0 Å². The largest absolute Gasteiger partial charge is 0.336 e. The molecule has 1 fully saturated rings. The van der Waals surface area contributed by atoms with E-state index in [1.807, 2.05) is 19.4 Å². The second-order valence-corrected chi connectivity index (χ2v) is 7.01. The van der Waals surface area contributed by atoms with Crippen molar-refractivity contribution in [3.05, 3.63) is 47.2 Å². The first-order chi connectivity index (χ1) is 13.4. The van der Waals surface area contributed by atoms with Crippen molar-refractivity contribution in [2.24, 2.45) is 7.05 Å². The topological polar surface area (TPSA) is 71.6 Å². The van der Waals surface area contributed by atoms with Crippen LogP contribution in [0.1, 0.15) is 33.7 Å². The van der Waals surface area contributed by atoms with Crippen LogP contribution in [0.2, 0.25) is 0 Å². The second kappa shape index (κ2) is 7.27. The van der Waals surface area contributed by atoms with Gasteiger partial charge in [0.15, 0.2) is 5.65 Å². The quantitative estimate of drug-likeness (QED) is 0.679. The molecule has 148 valence electrons. The van der Waals surface area contributed by atoms with E-state index in [1.54, 1.807) is 16.5 Å². The third-order valence-corrected chi connectivity index (χ3v) is 4.91. The molecule has 1 aliphatic rings. The number of halogens is 2. The molecule has 0 radical (unpaired) electrons. The zero-order chi connectivity index (χ0) is 19.8. The fourth-order valence-electron chi connectivity index (χ4n) is 3.51. The highest BCUT2D eigenvalue weighted by atomic mass is 19.3. The van der Waals surface area contributed by atoms with Crippen LogP contribution < -0.4 is 0 Å². The van der Waals surface area contributed by atoms with Crippen molar-refractivity contribution in [2.45, 2.75) is 19.9 Å².